The molecule has 33 heavy (non-hydrogen) atoms. The number of likely N-dealkylation sites (tertiary alicyclic amines) is 1. The Labute approximate surface area is 194 Å². The first-order valence-corrected chi connectivity index (χ1v) is 11.5. The SMILES string of the molecule is C=C/C(=C\C1=C(C)c2nc(-c3ncnn3C(C)C)cn2CCO1)C1CCN(CC(N)=O)CC1. The predicted octanol–water partition coefficient (Wildman–Crippen LogP) is 2.79. The molecule has 2 aromatic rings. The Balaban J connectivity index is 1.60. The van der Waals surface area contributed by atoms with E-state index in [1.165, 1.54) is 0 Å². The van der Waals surface area contributed by atoms with Gasteiger partial charge in [-0.2, -0.15) is 5.10 Å². The lowest BCUT2D eigenvalue weighted by atomic mass is 9.88. The maximum atomic E-state index is 11.2. The van der Waals surface area contributed by atoms with Gasteiger partial charge in [0.2, 0.25) is 5.91 Å². The van der Waals surface area contributed by atoms with E-state index in [4.69, 9.17) is 15.5 Å². The predicted molar refractivity (Wildman–Crippen MR) is 127 cm³/mol. The average molecular weight is 452 g/mol. The standard InChI is InChI=1S/C24H33N7O2/c1-5-18(19-6-8-29(9-7-19)14-22(25)32)12-21-17(4)23-28-20(13-30(23)10-11-33-21)24-26-15-27-31(24)16(2)3/h5,12-13,15-16,19H,1,6-11,14H2,2-4H3,(H2,25,32)/b18-12+. The number of carbonyl (C=O) groups excluding carboxylic acids is 1. The fourth-order valence-electron chi connectivity index (χ4n) is 4.57. The second-order valence-electron chi connectivity index (χ2n) is 8.97. The lowest BCUT2D eigenvalue weighted by Crippen LogP contribution is -2.39. The zero-order chi connectivity index (χ0) is 23.5. The number of piperidine rings is 1. The van der Waals surface area contributed by atoms with Gasteiger partial charge in [0.1, 0.15) is 30.2 Å². The maximum Gasteiger partial charge on any atom is 0.231 e. The van der Waals surface area contributed by atoms with E-state index in [0.717, 1.165) is 60.2 Å². The molecule has 0 aliphatic carbocycles. The van der Waals surface area contributed by atoms with Crippen LogP contribution in [0.3, 0.4) is 0 Å². The van der Waals surface area contributed by atoms with Gasteiger partial charge >= 0.3 is 0 Å². The number of imidazole rings is 1. The van der Waals surface area contributed by atoms with Crippen LogP contribution in [0.2, 0.25) is 0 Å². The Bertz CT molecular complexity index is 1080. The van der Waals surface area contributed by atoms with Crippen molar-refractivity contribution in [1.29, 1.82) is 0 Å². The first-order chi connectivity index (χ1) is 15.9. The van der Waals surface area contributed by atoms with Crippen molar-refractivity contribution in [2.45, 2.75) is 46.2 Å². The molecule has 1 fully saturated rings. The second-order valence-corrected chi connectivity index (χ2v) is 8.97. The van der Waals surface area contributed by atoms with Gasteiger partial charge in [-0.3, -0.25) is 9.69 Å². The van der Waals surface area contributed by atoms with Crippen LogP contribution in [0.1, 0.15) is 45.5 Å². The number of hydrogen-bond donors (Lipinski definition) is 1. The molecule has 0 aromatic carbocycles. The van der Waals surface area contributed by atoms with E-state index in [1.54, 1.807) is 6.33 Å². The molecule has 2 N–H and O–H groups in total. The second kappa shape index (κ2) is 9.74. The molecule has 0 atom stereocenters. The smallest absolute Gasteiger partial charge is 0.231 e. The topological polar surface area (TPSA) is 104 Å². The zero-order valence-electron chi connectivity index (χ0n) is 19.7. The van der Waals surface area contributed by atoms with Gasteiger partial charge in [-0.25, -0.2) is 14.6 Å². The fraction of sp³-hybridized carbons (Fsp3) is 0.500. The molecule has 2 aromatic heterocycles. The molecule has 1 amide bonds. The molecule has 176 valence electrons. The Kier molecular flexibility index (Phi) is 6.78. The monoisotopic (exact) mass is 451 g/mol. The summed E-state index contributed by atoms with van der Waals surface area (Å²) in [5, 5.41) is 4.34. The third-order valence-corrected chi connectivity index (χ3v) is 6.33. The number of allylic oxidation sites excluding steroid dienone is 4. The zero-order valence-corrected chi connectivity index (χ0v) is 19.7. The van der Waals surface area contributed by atoms with Crippen molar-refractivity contribution < 1.29 is 9.53 Å². The van der Waals surface area contributed by atoms with E-state index >= 15 is 0 Å². The van der Waals surface area contributed by atoms with Crippen molar-refractivity contribution in [3.63, 3.8) is 0 Å². The number of carbonyl (C=O) groups is 1. The molecule has 1 saturated heterocycles. The normalized spacial score (nSPS) is 18.2. The lowest BCUT2D eigenvalue weighted by Gasteiger charge is -2.31. The number of aromatic nitrogens is 5. The molecule has 4 rings (SSSR count). The summed E-state index contributed by atoms with van der Waals surface area (Å²) in [5.74, 6) is 2.57. The Morgan fingerprint density at radius 2 is 2.06 bits per heavy atom. The van der Waals surface area contributed by atoms with Crippen molar-refractivity contribution in [2.75, 3.05) is 26.2 Å². The number of primary amides is 1. The van der Waals surface area contributed by atoms with Crippen LogP contribution in [-0.4, -0.2) is 61.4 Å². The van der Waals surface area contributed by atoms with Gasteiger partial charge < -0.3 is 15.0 Å². The van der Waals surface area contributed by atoms with Crippen molar-refractivity contribution in [1.82, 2.24) is 29.2 Å². The van der Waals surface area contributed by atoms with E-state index in [2.05, 4.69) is 46.1 Å². The number of nitrogens with zero attached hydrogens (tertiary/aromatic N) is 6. The van der Waals surface area contributed by atoms with Crippen molar-refractivity contribution >= 4 is 11.5 Å². The van der Waals surface area contributed by atoms with Crippen LogP contribution in [0.15, 0.2) is 42.6 Å². The van der Waals surface area contributed by atoms with Gasteiger partial charge in [-0.05, 0) is 64.3 Å². The molecular weight excluding hydrogens is 418 g/mol. The summed E-state index contributed by atoms with van der Waals surface area (Å²) in [6, 6.07) is 0.201. The van der Waals surface area contributed by atoms with Crippen LogP contribution in [0.5, 0.6) is 0 Å². The number of ether oxygens (including phenoxy) is 1. The lowest BCUT2D eigenvalue weighted by molar-refractivity contribution is -0.119. The average Bonchev–Trinajstić information content (AvgIpc) is 3.40. The van der Waals surface area contributed by atoms with Gasteiger partial charge in [0, 0.05) is 17.8 Å². The van der Waals surface area contributed by atoms with Gasteiger partial charge in [0.25, 0.3) is 0 Å². The minimum absolute atomic E-state index is 0.201. The van der Waals surface area contributed by atoms with Crippen LogP contribution >= 0.6 is 0 Å². The Hall–Kier alpha value is -3.20. The van der Waals surface area contributed by atoms with E-state index < -0.39 is 0 Å². The highest BCUT2D eigenvalue weighted by Crippen LogP contribution is 2.31. The van der Waals surface area contributed by atoms with Crippen molar-refractivity contribution in [3.05, 3.63) is 48.4 Å². The third-order valence-electron chi connectivity index (χ3n) is 6.33. The third kappa shape index (κ3) is 4.93. The summed E-state index contributed by atoms with van der Waals surface area (Å²) in [5.41, 5.74) is 8.30. The summed E-state index contributed by atoms with van der Waals surface area (Å²) >= 11 is 0. The maximum absolute atomic E-state index is 11.2. The van der Waals surface area contributed by atoms with Gasteiger partial charge in [-0.15, -0.1) is 0 Å². The number of fused-ring (bicyclic) bond motifs is 1. The highest BCUT2D eigenvalue weighted by molar-refractivity contribution is 5.75. The van der Waals surface area contributed by atoms with Gasteiger partial charge in [0.15, 0.2) is 5.82 Å². The first-order valence-electron chi connectivity index (χ1n) is 11.5. The van der Waals surface area contributed by atoms with E-state index in [0.29, 0.717) is 25.6 Å². The quantitative estimate of drug-likeness (QED) is 0.649. The Morgan fingerprint density at radius 3 is 2.73 bits per heavy atom. The summed E-state index contributed by atoms with van der Waals surface area (Å²) < 4.78 is 10.1. The highest BCUT2D eigenvalue weighted by atomic mass is 16.5. The molecule has 0 saturated carbocycles. The van der Waals surface area contributed by atoms with Crippen LogP contribution in [-0.2, 0) is 16.1 Å². The number of amides is 1. The first kappa shape index (κ1) is 23.0. The molecule has 0 radical (unpaired) electrons. The van der Waals surface area contributed by atoms with Crippen LogP contribution in [0.4, 0.5) is 0 Å². The minimum atomic E-state index is -0.276. The number of hydrogen-bond acceptors (Lipinski definition) is 6. The molecule has 4 heterocycles. The largest absolute Gasteiger partial charge is 0.491 e. The minimum Gasteiger partial charge on any atom is -0.491 e. The summed E-state index contributed by atoms with van der Waals surface area (Å²) in [7, 11) is 0. The molecule has 0 bridgehead atoms. The fourth-order valence-corrected chi connectivity index (χ4v) is 4.57. The molecule has 0 unspecified atom stereocenters. The number of rotatable bonds is 7. The summed E-state index contributed by atoms with van der Waals surface area (Å²) in [4.78, 5) is 22.7. The van der Waals surface area contributed by atoms with Gasteiger partial charge in [0.05, 0.1) is 13.1 Å². The Morgan fingerprint density at radius 1 is 1.30 bits per heavy atom. The molecular formula is C24H33N7O2. The molecule has 9 heteroatoms. The van der Waals surface area contributed by atoms with E-state index in [1.807, 2.05) is 23.9 Å². The van der Waals surface area contributed by atoms with Crippen LogP contribution < -0.4 is 5.73 Å². The van der Waals surface area contributed by atoms with E-state index in [9.17, 15) is 4.79 Å². The summed E-state index contributed by atoms with van der Waals surface area (Å²) in [6.45, 7) is 13.5. The molecule has 2 aliphatic heterocycles. The van der Waals surface area contributed by atoms with Gasteiger partial charge in [-0.1, -0.05) is 12.7 Å². The molecule has 9 nitrogen and oxygen atoms in total. The molecule has 2 aliphatic rings. The molecule has 0 spiro atoms. The number of nitrogens with two attached hydrogens (primary N) is 1. The highest BCUT2D eigenvalue weighted by Gasteiger charge is 2.24. The van der Waals surface area contributed by atoms with Crippen molar-refractivity contribution in [3.8, 4) is 11.5 Å². The van der Waals surface area contributed by atoms with Crippen LogP contribution in [0.25, 0.3) is 17.1 Å². The van der Waals surface area contributed by atoms with Crippen molar-refractivity contribution in [2.24, 2.45) is 11.7 Å². The van der Waals surface area contributed by atoms with Crippen LogP contribution in [0, 0.1) is 5.92 Å². The van der Waals surface area contributed by atoms with E-state index in [-0.39, 0.29) is 11.9 Å². The summed E-state index contributed by atoms with van der Waals surface area (Å²) in [6.07, 6.45) is 9.55.